The van der Waals surface area contributed by atoms with Gasteiger partial charge in [0.25, 0.3) is 0 Å². The lowest BCUT2D eigenvalue weighted by atomic mass is 9.92. The van der Waals surface area contributed by atoms with Crippen LogP contribution in [-0.2, 0) is 0 Å². The molecule has 0 fully saturated rings. The summed E-state index contributed by atoms with van der Waals surface area (Å²) in [6.45, 7) is 0. The second kappa shape index (κ2) is 13.0. The van der Waals surface area contributed by atoms with Crippen molar-refractivity contribution in [3.05, 3.63) is 170 Å². The summed E-state index contributed by atoms with van der Waals surface area (Å²) in [4.78, 5) is 19.6. The van der Waals surface area contributed by atoms with E-state index in [1.165, 1.54) is 11.7 Å². The van der Waals surface area contributed by atoms with Crippen LogP contribution in [0.2, 0.25) is 0 Å². The van der Waals surface area contributed by atoms with Crippen molar-refractivity contribution in [3.8, 4) is 67.4 Å². The molecule has 0 aliphatic carbocycles. The highest BCUT2D eigenvalue weighted by Gasteiger charge is 2.21. The Balaban J connectivity index is 1.15. The number of nitrogens with zero attached hydrogens (tertiary/aromatic N) is 6. The Bertz CT molecular complexity index is 2860. The van der Waals surface area contributed by atoms with Gasteiger partial charge in [-0.25, -0.2) is 9.97 Å². The second-order valence-corrected chi connectivity index (χ2v) is 13.4. The minimum atomic E-state index is 0.796. The van der Waals surface area contributed by atoms with Gasteiger partial charge in [-0.1, -0.05) is 115 Å². The molecule has 5 aromatic heterocycles. The molecule has 10 rings (SSSR count). The molecule has 0 N–H and O–H groups in total. The quantitative estimate of drug-likeness (QED) is 0.161. The number of aromatic nitrogens is 6. The maximum absolute atomic E-state index is 5.48. The molecular weight excluding hydrogens is 669 g/mol. The van der Waals surface area contributed by atoms with Crippen LogP contribution in [0.4, 0.5) is 0 Å². The van der Waals surface area contributed by atoms with Gasteiger partial charge in [0.15, 0.2) is 0 Å². The van der Waals surface area contributed by atoms with Gasteiger partial charge in [-0.05, 0) is 64.7 Å². The van der Waals surface area contributed by atoms with Crippen molar-refractivity contribution in [1.82, 2.24) is 28.7 Å². The van der Waals surface area contributed by atoms with E-state index in [0.29, 0.717) is 0 Å². The first-order chi connectivity index (χ1) is 26.3. The van der Waals surface area contributed by atoms with Crippen LogP contribution >= 0.6 is 11.7 Å². The number of hydrogen-bond donors (Lipinski definition) is 0. The topological polar surface area (TPSA) is 77.3 Å². The van der Waals surface area contributed by atoms with Crippen LogP contribution in [0.1, 0.15) is 0 Å². The first-order valence-electron chi connectivity index (χ1n) is 17.4. The molecule has 7 heteroatoms. The predicted molar refractivity (Wildman–Crippen MR) is 216 cm³/mol. The fraction of sp³-hybridized carbons (Fsp3) is 0. The minimum absolute atomic E-state index is 0.796. The molecule has 5 aromatic carbocycles. The Labute approximate surface area is 309 Å². The van der Waals surface area contributed by atoms with E-state index >= 15 is 0 Å². The van der Waals surface area contributed by atoms with E-state index in [0.717, 1.165) is 100 Å². The van der Waals surface area contributed by atoms with E-state index in [1.54, 1.807) is 12.4 Å². The van der Waals surface area contributed by atoms with Crippen LogP contribution in [0, 0.1) is 0 Å². The summed E-state index contributed by atoms with van der Waals surface area (Å²) in [5.41, 5.74) is 14.3. The second-order valence-electron chi connectivity index (χ2n) is 12.8. The first kappa shape index (κ1) is 30.8. The predicted octanol–water partition coefficient (Wildman–Crippen LogP) is 11.6. The smallest absolute Gasteiger partial charge is 0.114 e. The lowest BCUT2D eigenvalue weighted by Gasteiger charge is -2.15. The van der Waals surface area contributed by atoms with Crippen LogP contribution < -0.4 is 0 Å². The zero-order chi connectivity index (χ0) is 35.1. The van der Waals surface area contributed by atoms with Crippen molar-refractivity contribution in [2.45, 2.75) is 0 Å². The Kier molecular flexibility index (Phi) is 7.55. The van der Waals surface area contributed by atoms with Crippen LogP contribution in [0.3, 0.4) is 0 Å². The highest BCUT2D eigenvalue weighted by atomic mass is 32.1. The van der Waals surface area contributed by atoms with Crippen molar-refractivity contribution in [3.63, 3.8) is 0 Å². The van der Waals surface area contributed by atoms with Gasteiger partial charge in [0.05, 0.1) is 45.7 Å². The van der Waals surface area contributed by atoms with Crippen molar-refractivity contribution in [1.29, 1.82) is 0 Å². The third kappa shape index (κ3) is 5.51. The molecule has 53 heavy (non-hydrogen) atoms. The third-order valence-electron chi connectivity index (χ3n) is 9.66. The Hall–Kier alpha value is -6.96. The summed E-state index contributed by atoms with van der Waals surface area (Å²) in [5, 5.41) is 3.17. The highest BCUT2D eigenvalue weighted by molar-refractivity contribution is 7.00. The monoisotopic (exact) mass is 696 g/mol. The molecule has 0 saturated carbocycles. The van der Waals surface area contributed by atoms with Gasteiger partial charge in [0, 0.05) is 45.2 Å². The average Bonchev–Trinajstić information content (AvgIpc) is 3.74. The van der Waals surface area contributed by atoms with E-state index in [1.807, 2.05) is 48.5 Å². The molecule has 6 nitrogen and oxygen atoms in total. The molecule has 0 aliphatic heterocycles. The number of para-hydroxylation sites is 1. The normalized spacial score (nSPS) is 11.4. The van der Waals surface area contributed by atoms with Crippen molar-refractivity contribution in [2.75, 3.05) is 0 Å². The summed E-state index contributed by atoms with van der Waals surface area (Å²) >= 11 is 1.25. The van der Waals surface area contributed by atoms with E-state index in [9.17, 15) is 0 Å². The summed E-state index contributed by atoms with van der Waals surface area (Å²) in [6.07, 6.45) is 3.59. The zero-order valence-electron chi connectivity index (χ0n) is 28.3. The van der Waals surface area contributed by atoms with Crippen LogP contribution in [0.5, 0.6) is 0 Å². The van der Waals surface area contributed by atoms with Gasteiger partial charge in [-0.2, -0.15) is 8.75 Å². The summed E-state index contributed by atoms with van der Waals surface area (Å²) in [5.74, 6) is 0. The Morgan fingerprint density at radius 1 is 0.358 bits per heavy atom. The van der Waals surface area contributed by atoms with E-state index in [-0.39, 0.29) is 0 Å². The molecular formula is C46H28N6S. The average molecular weight is 697 g/mol. The third-order valence-corrected chi connectivity index (χ3v) is 10.2. The van der Waals surface area contributed by atoms with Gasteiger partial charge < -0.3 is 0 Å². The van der Waals surface area contributed by atoms with Crippen molar-refractivity contribution >= 4 is 44.4 Å². The van der Waals surface area contributed by atoms with Gasteiger partial charge >= 0.3 is 0 Å². The van der Waals surface area contributed by atoms with Crippen LogP contribution in [0.15, 0.2) is 170 Å². The van der Waals surface area contributed by atoms with Crippen LogP contribution in [0.25, 0.3) is 100 Å². The van der Waals surface area contributed by atoms with Gasteiger partial charge in [-0.3, -0.25) is 9.97 Å². The molecule has 248 valence electrons. The Morgan fingerprint density at radius 3 is 1.62 bits per heavy atom. The molecule has 0 unspecified atom stereocenters. The van der Waals surface area contributed by atoms with Crippen molar-refractivity contribution in [2.24, 2.45) is 0 Å². The van der Waals surface area contributed by atoms with Gasteiger partial charge in [-0.15, -0.1) is 0 Å². The maximum Gasteiger partial charge on any atom is 0.114 e. The fourth-order valence-electron chi connectivity index (χ4n) is 7.16. The molecule has 5 heterocycles. The fourth-order valence-corrected chi connectivity index (χ4v) is 7.72. The van der Waals surface area contributed by atoms with Gasteiger partial charge in [0.2, 0.25) is 0 Å². The molecule has 0 saturated heterocycles. The summed E-state index contributed by atoms with van der Waals surface area (Å²) in [6, 6.07) is 54.2. The first-order valence-corrected chi connectivity index (χ1v) is 18.1. The maximum atomic E-state index is 5.48. The zero-order valence-corrected chi connectivity index (χ0v) is 29.1. The number of pyridine rings is 4. The standard InChI is InChI=1S/C46H28N6S/c1-3-12-30(13-4-1)36-28-37-42(46-45(36)51-53-52-46)35-17-11-16-34(44(35)50-43(37)32-14-5-2-6-15-32)31-22-20-29(21-23-31)33-26-40(38-18-7-9-24-47-38)49-41(27-33)39-19-8-10-25-48-39/h1-28H. The number of hydrogen-bond acceptors (Lipinski definition) is 7. The lowest BCUT2D eigenvalue weighted by molar-refractivity contribution is 1.22. The molecule has 0 amide bonds. The molecule has 0 aliphatic rings. The SMILES string of the molecule is c1ccc(-c2nc3c(-c4ccc(-c5cc(-c6ccccn6)nc(-c6ccccn6)c5)cc4)cccc3c3c2cc(-c2ccccc2)c2nsnc23)cc1. The molecule has 0 spiro atoms. The molecule has 0 atom stereocenters. The highest BCUT2D eigenvalue weighted by Crippen LogP contribution is 2.43. The number of rotatable bonds is 6. The van der Waals surface area contributed by atoms with Crippen molar-refractivity contribution < 1.29 is 0 Å². The molecule has 10 aromatic rings. The largest absolute Gasteiger partial charge is 0.255 e. The minimum Gasteiger partial charge on any atom is -0.255 e. The molecule has 0 radical (unpaired) electrons. The number of benzene rings is 5. The van der Waals surface area contributed by atoms with E-state index in [4.69, 9.17) is 18.7 Å². The Morgan fingerprint density at radius 2 is 0.962 bits per heavy atom. The summed E-state index contributed by atoms with van der Waals surface area (Å²) < 4.78 is 9.73. The number of fused-ring (bicyclic) bond motifs is 5. The summed E-state index contributed by atoms with van der Waals surface area (Å²) in [7, 11) is 0. The molecule has 0 bridgehead atoms. The van der Waals surface area contributed by atoms with Crippen LogP contribution in [-0.4, -0.2) is 28.7 Å². The van der Waals surface area contributed by atoms with Gasteiger partial charge in [0.1, 0.15) is 11.0 Å². The van der Waals surface area contributed by atoms with E-state index < -0.39 is 0 Å². The van der Waals surface area contributed by atoms with E-state index in [2.05, 4.69) is 119 Å². The lowest BCUT2D eigenvalue weighted by Crippen LogP contribution is -1.95.